The normalized spacial score (nSPS) is 12.2. The summed E-state index contributed by atoms with van der Waals surface area (Å²) in [5.74, 6) is 4.88. The Kier molecular flexibility index (Phi) is 9.72. The van der Waals surface area contributed by atoms with Gasteiger partial charge in [0.1, 0.15) is 18.4 Å². The topological polar surface area (TPSA) is 95.9 Å². The summed E-state index contributed by atoms with van der Waals surface area (Å²) in [7, 11) is -4.02. The van der Waals surface area contributed by atoms with Crippen LogP contribution in [0.15, 0.2) is 59.5 Å². The van der Waals surface area contributed by atoms with E-state index in [-0.39, 0.29) is 24.0 Å². The fourth-order valence-electron chi connectivity index (χ4n) is 3.36. The second-order valence-corrected chi connectivity index (χ2v) is 9.45. The Balaban J connectivity index is 2.30. The molecule has 0 aliphatic rings. The highest BCUT2D eigenvalue weighted by molar-refractivity contribution is 7.89. The molecule has 0 radical (unpaired) electrons. The summed E-state index contributed by atoms with van der Waals surface area (Å²) in [6.07, 6.45) is 1.17. The number of amides is 1. The molecule has 2 aromatic rings. The van der Waals surface area contributed by atoms with Crippen LogP contribution in [0.5, 0.6) is 5.75 Å². The Morgan fingerprint density at radius 3 is 2.34 bits per heavy atom. The van der Waals surface area contributed by atoms with Crippen molar-refractivity contribution >= 4 is 15.9 Å². The minimum atomic E-state index is -4.02. The molecule has 0 heterocycles. The van der Waals surface area contributed by atoms with E-state index in [1.165, 1.54) is 16.4 Å². The third-order valence-corrected chi connectivity index (χ3v) is 6.82. The molecule has 2 rings (SSSR count). The van der Waals surface area contributed by atoms with Crippen molar-refractivity contribution in [3.8, 4) is 17.6 Å². The molecule has 0 aliphatic heterocycles. The minimum Gasteiger partial charge on any atom is -0.481 e. The smallest absolute Gasteiger partial charge is 0.262 e. The SMILES string of the molecule is CC#CCOc1ccc(S(=O)(=O)N(CCCc2ccccc2)C(C(=O)NO)C(C)C)cc1. The van der Waals surface area contributed by atoms with E-state index >= 15 is 0 Å². The van der Waals surface area contributed by atoms with Gasteiger partial charge in [0, 0.05) is 6.54 Å². The molecular weight excluding hydrogens is 428 g/mol. The minimum absolute atomic E-state index is 0.0440. The van der Waals surface area contributed by atoms with Crippen molar-refractivity contribution in [2.45, 2.75) is 44.6 Å². The number of rotatable bonds is 11. The predicted octanol–water partition coefficient (Wildman–Crippen LogP) is 3.24. The van der Waals surface area contributed by atoms with Crippen molar-refractivity contribution in [1.82, 2.24) is 9.79 Å². The second kappa shape index (κ2) is 12.2. The number of carbonyl (C=O) groups excluding carboxylic acids is 1. The van der Waals surface area contributed by atoms with Gasteiger partial charge in [-0.3, -0.25) is 10.0 Å². The van der Waals surface area contributed by atoms with Crippen molar-refractivity contribution in [1.29, 1.82) is 0 Å². The summed E-state index contributed by atoms with van der Waals surface area (Å²) in [5.41, 5.74) is 2.70. The lowest BCUT2D eigenvalue weighted by atomic mass is 10.0. The fourth-order valence-corrected chi connectivity index (χ4v) is 5.12. The van der Waals surface area contributed by atoms with Gasteiger partial charge in [-0.05, 0) is 55.5 Å². The van der Waals surface area contributed by atoms with E-state index in [0.29, 0.717) is 18.6 Å². The van der Waals surface area contributed by atoms with Gasteiger partial charge in [-0.1, -0.05) is 50.1 Å². The number of hydroxylamine groups is 1. The summed E-state index contributed by atoms with van der Waals surface area (Å²) < 4.78 is 33.6. The van der Waals surface area contributed by atoms with Crippen molar-refractivity contribution in [3.63, 3.8) is 0 Å². The molecule has 2 N–H and O–H groups in total. The maximum absolute atomic E-state index is 13.5. The Morgan fingerprint density at radius 1 is 1.12 bits per heavy atom. The first-order chi connectivity index (χ1) is 15.3. The van der Waals surface area contributed by atoms with Gasteiger partial charge >= 0.3 is 0 Å². The Labute approximate surface area is 190 Å². The first-order valence-electron chi connectivity index (χ1n) is 10.4. The summed E-state index contributed by atoms with van der Waals surface area (Å²) in [4.78, 5) is 12.5. The number of nitrogens with one attached hydrogen (secondary N) is 1. The average molecular weight is 459 g/mol. The van der Waals surface area contributed by atoms with Gasteiger partial charge in [-0.2, -0.15) is 4.31 Å². The van der Waals surface area contributed by atoms with E-state index in [0.717, 1.165) is 5.56 Å². The van der Waals surface area contributed by atoms with Gasteiger partial charge in [0.05, 0.1) is 4.90 Å². The standard InChI is InChI=1S/C24H30N2O5S/c1-4-5-18-31-21-13-15-22(16-14-21)32(29,30)26(23(19(2)3)24(27)25-28)17-9-12-20-10-7-6-8-11-20/h6-8,10-11,13-16,19,23,28H,9,12,17-18H2,1-3H3,(H,25,27). The van der Waals surface area contributed by atoms with Crippen molar-refractivity contribution in [2.75, 3.05) is 13.2 Å². The molecular formula is C24H30N2O5S. The van der Waals surface area contributed by atoms with E-state index in [2.05, 4.69) is 11.8 Å². The molecule has 0 aromatic heterocycles. The van der Waals surface area contributed by atoms with Crippen LogP contribution in [0.3, 0.4) is 0 Å². The monoisotopic (exact) mass is 458 g/mol. The van der Waals surface area contributed by atoms with Crippen LogP contribution in [0.2, 0.25) is 0 Å². The van der Waals surface area contributed by atoms with E-state index in [9.17, 15) is 18.4 Å². The fraction of sp³-hybridized carbons (Fsp3) is 0.375. The third kappa shape index (κ3) is 6.82. The molecule has 0 spiro atoms. The Hall–Kier alpha value is -2.86. The summed E-state index contributed by atoms with van der Waals surface area (Å²) in [6, 6.07) is 14.7. The molecule has 0 saturated heterocycles. The molecule has 0 aliphatic carbocycles. The number of sulfonamides is 1. The predicted molar refractivity (Wildman–Crippen MR) is 123 cm³/mol. The molecule has 2 aromatic carbocycles. The molecule has 0 saturated carbocycles. The Bertz CT molecular complexity index is 1030. The van der Waals surface area contributed by atoms with Crippen LogP contribution in [0.4, 0.5) is 0 Å². The molecule has 0 fully saturated rings. The van der Waals surface area contributed by atoms with Crippen LogP contribution < -0.4 is 10.2 Å². The highest BCUT2D eigenvalue weighted by Gasteiger charge is 2.37. The van der Waals surface area contributed by atoms with Crippen LogP contribution in [-0.4, -0.2) is 43.0 Å². The van der Waals surface area contributed by atoms with Gasteiger partial charge in [-0.15, -0.1) is 5.92 Å². The maximum Gasteiger partial charge on any atom is 0.262 e. The molecule has 172 valence electrons. The van der Waals surface area contributed by atoms with E-state index < -0.39 is 22.0 Å². The van der Waals surface area contributed by atoms with E-state index in [1.54, 1.807) is 38.4 Å². The largest absolute Gasteiger partial charge is 0.481 e. The van der Waals surface area contributed by atoms with Gasteiger partial charge in [0.15, 0.2) is 0 Å². The van der Waals surface area contributed by atoms with E-state index in [4.69, 9.17) is 4.74 Å². The van der Waals surface area contributed by atoms with Crippen molar-refractivity contribution < 1.29 is 23.2 Å². The van der Waals surface area contributed by atoms with Crippen molar-refractivity contribution in [2.24, 2.45) is 5.92 Å². The molecule has 8 heteroatoms. The zero-order valence-corrected chi connectivity index (χ0v) is 19.4. The van der Waals surface area contributed by atoms with Gasteiger partial charge < -0.3 is 4.74 Å². The van der Waals surface area contributed by atoms with Crippen LogP contribution in [0.25, 0.3) is 0 Å². The number of benzene rings is 2. The number of ether oxygens (including phenoxy) is 1. The van der Waals surface area contributed by atoms with Gasteiger partial charge in [0.25, 0.3) is 5.91 Å². The first kappa shape index (κ1) is 25.4. The number of carbonyl (C=O) groups is 1. The Morgan fingerprint density at radius 2 is 1.78 bits per heavy atom. The molecule has 1 unspecified atom stereocenters. The highest BCUT2D eigenvalue weighted by atomic mass is 32.2. The molecule has 32 heavy (non-hydrogen) atoms. The lowest BCUT2D eigenvalue weighted by Gasteiger charge is -2.32. The molecule has 1 atom stereocenters. The zero-order chi connectivity index (χ0) is 23.6. The van der Waals surface area contributed by atoms with Crippen LogP contribution in [-0.2, 0) is 21.2 Å². The summed E-state index contributed by atoms with van der Waals surface area (Å²) in [5, 5.41) is 9.23. The first-order valence-corrected chi connectivity index (χ1v) is 11.9. The molecule has 7 nitrogen and oxygen atoms in total. The number of aryl methyl sites for hydroxylation is 1. The van der Waals surface area contributed by atoms with Crippen LogP contribution >= 0.6 is 0 Å². The zero-order valence-electron chi connectivity index (χ0n) is 18.6. The number of nitrogens with zero attached hydrogens (tertiary/aromatic N) is 1. The average Bonchev–Trinajstić information content (AvgIpc) is 2.79. The molecule has 0 bridgehead atoms. The van der Waals surface area contributed by atoms with Gasteiger partial charge in [-0.25, -0.2) is 13.9 Å². The van der Waals surface area contributed by atoms with E-state index in [1.807, 2.05) is 30.3 Å². The lowest BCUT2D eigenvalue weighted by molar-refractivity contribution is -0.134. The lowest BCUT2D eigenvalue weighted by Crippen LogP contribution is -2.52. The third-order valence-electron chi connectivity index (χ3n) is 4.93. The molecule has 1 amide bonds. The van der Waals surface area contributed by atoms with Crippen LogP contribution in [0.1, 0.15) is 32.8 Å². The van der Waals surface area contributed by atoms with Crippen LogP contribution in [0, 0.1) is 17.8 Å². The summed E-state index contributed by atoms with van der Waals surface area (Å²) >= 11 is 0. The van der Waals surface area contributed by atoms with Crippen molar-refractivity contribution in [3.05, 3.63) is 60.2 Å². The number of hydrogen-bond acceptors (Lipinski definition) is 5. The highest BCUT2D eigenvalue weighted by Crippen LogP contribution is 2.25. The van der Waals surface area contributed by atoms with Gasteiger partial charge in [0.2, 0.25) is 10.0 Å². The second-order valence-electron chi connectivity index (χ2n) is 7.56. The maximum atomic E-state index is 13.5. The number of hydrogen-bond donors (Lipinski definition) is 2. The quantitative estimate of drug-likeness (QED) is 0.306. The summed E-state index contributed by atoms with van der Waals surface area (Å²) in [6.45, 7) is 5.52.